The average molecular weight is 399 g/mol. The summed E-state index contributed by atoms with van der Waals surface area (Å²) in [6, 6.07) is 6.56. The van der Waals surface area contributed by atoms with Gasteiger partial charge in [-0.3, -0.25) is 0 Å². The normalized spacial score (nSPS) is 16.6. The van der Waals surface area contributed by atoms with Crippen LogP contribution in [-0.4, -0.2) is 52.3 Å². The number of hydrogen-bond acceptors (Lipinski definition) is 6. The van der Waals surface area contributed by atoms with Gasteiger partial charge in [-0.15, -0.1) is 0 Å². The van der Waals surface area contributed by atoms with Gasteiger partial charge in [0.1, 0.15) is 6.73 Å². The summed E-state index contributed by atoms with van der Waals surface area (Å²) in [4.78, 5) is 0. The number of rotatable bonds is 7. The van der Waals surface area contributed by atoms with E-state index < -0.39 is 24.2 Å². The van der Waals surface area contributed by atoms with E-state index in [1.807, 2.05) is 12.1 Å². The highest BCUT2D eigenvalue weighted by molar-refractivity contribution is 7.90. The largest absolute Gasteiger partial charge is 0.360 e. The van der Waals surface area contributed by atoms with E-state index >= 15 is 0 Å². The van der Waals surface area contributed by atoms with Crippen LogP contribution in [-0.2, 0) is 30.8 Å². The van der Waals surface area contributed by atoms with Crippen molar-refractivity contribution < 1.29 is 22.6 Å². The van der Waals surface area contributed by atoms with Gasteiger partial charge in [0.25, 0.3) is 0 Å². The Hall–Kier alpha value is -1.26. The molecule has 7 nitrogen and oxygen atoms in total. The molecule has 144 valence electrons. The molecule has 2 aromatic rings. The van der Waals surface area contributed by atoms with Crippen LogP contribution in [0.5, 0.6) is 0 Å². The van der Waals surface area contributed by atoms with Gasteiger partial charge in [-0.1, -0.05) is 25.7 Å². The Labute approximate surface area is 155 Å². The zero-order chi connectivity index (χ0) is 18.9. The van der Waals surface area contributed by atoms with Gasteiger partial charge in [0.05, 0.1) is 18.7 Å². The molecule has 1 fully saturated rings. The zero-order valence-corrected chi connectivity index (χ0v) is 17.5. The monoisotopic (exact) mass is 398 g/mol. The maximum absolute atomic E-state index is 12.2. The summed E-state index contributed by atoms with van der Waals surface area (Å²) < 4.78 is 42.7. The van der Waals surface area contributed by atoms with Crippen molar-refractivity contribution in [2.45, 2.75) is 43.7 Å². The quantitative estimate of drug-likeness (QED) is 0.527. The van der Waals surface area contributed by atoms with Gasteiger partial charge in [-0.05, 0) is 18.2 Å². The molecule has 1 aliphatic rings. The van der Waals surface area contributed by atoms with E-state index in [1.165, 1.54) is 6.26 Å². The first-order chi connectivity index (χ1) is 12.1. The fourth-order valence-electron chi connectivity index (χ4n) is 2.77. The molecule has 1 saturated heterocycles. The van der Waals surface area contributed by atoms with E-state index in [9.17, 15) is 8.42 Å². The van der Waals surface area contributed by atoms with Crippen molar-refractivity contribution in [2.24, 2.45) is 0 Å². The van der Waals surface area contributed by atoms with E-state index in [0.717, 1.165) is 17.1 Å². The Bertz CT molecular complexity index is 882. The molecule has 0 unspecified atom stereocenters. The molecule has 26 heavy (non-hydrogen) atoms. The SMILES string of the molecule is C[Si](C)(C)CCOCn1nc(S(C)(=O)=O)c2cc(C3OCCO3)ccc21. The van der Waals surface area contributed by atoms with Gasteiger partial charge < -0.3 is 14.2 Å². The number of hydrogen-bond donors (Lipinski definition) is 0. The molecule has 0 N–H and O–H groups in total. The molecular formula is C17H26N2O5SSi. The molecule has 0 bridgehead atoms. The minimum absolute atomic E-state index is 0.0566. The Kier molecular flexibility index (Phi) is 5.55. The molecule has 0 radical (unpaired) electrons. The summed E-state index contributed by atoms with van der Waals surface area (Å²) in [5, 5.41) is 4.92. The van der Waals surface area contributed by atoms with Crippen molar-refractivity contribution in [3.05, 3.63) is 23.8 Å². The number of aromatic nitrogens is 2. The standard InChI is InChI=1S/C17H26N2O5SSi/c1-25(20,21)16-14-11-13(17-23-7-8-24-17)5-6-15(14)19(18-16)12-22-9-10-26(2,3)4/h5-6,11,17H,7-10,12H2,1-4H3. The number of ether oxygens (including phenoxy) is 3. The third kappa shape index (κ3) is 4.52. The van der Waals surface area contributed by atoms with Gasteiger partial charge in [0.15, 0.2) is 21.2 Å². The Balaban J connectivity index is 1.89. The second-order valence-electron chi connectivity index (χ2n) is 7.77. The van der Waals surface area contributed by atoms with Crippen molar-refractivity contribution in [3.8, 4) is 0 Å². The molecule has 0 spiro atoms. The molecular weight excluding hydrogens is 372 g/mol. The minimum atomic E-state index is -3.46. The van der Waals surface area contributed by atoms with Crippen molar-refractivity contribution in [2.75, 3.05) is 26.1 Å². The van der Waals surface area contributed by atoms with Crippen molar-refractivity contribution >= 4 is 28.8 Å². The van der Waals surface area contributed by atoms with E-state index in [0.29, 0.717) is 25.2 Å². The second-order valence-corrected chi connectivity index (χ2v) is 15.3. The molecule has 9 heteroatoms. The van der Waals surface area contributed by atoms with Crippen LogP contribution < -0.4 is 0 Å². The lowest BCUT2D eigenvalue weighted by molar-refractivity contribution is -0.0440. The second kappa shape index (κ2) is 7.39. The number of benzene rings is 1. The van der Waals surface area contributed by atoms with E-state index in [2.05, 4.69) is 24.7 Å². The Morgan fingerprint density at radius 2 is 1.96 bits per heavy atom. The van der Waals surface area contributed by atoms with Crippen molar-refractivity contribution in [1.82, 2.24) is 9.78 Å². The summed E-state index contributed by atoms with van der Waals surface area (Å²) in [5.41, 5.74) is 1.51. The fourth-order valence-corrected chi connectivity index (χ4v) is 4.33. The lowest BCUT2D eigenvalue weighted by atomic mass is 10.1. The van der Waals surface area contributed by atoms with Gasteiger partial charge in [-0.2, -0.15) is 5.10 Å². The van der Waals surface area contributed by atoms with E-state index in [1.54, 1.807) is 10.7 Å². The maximum atomic E-state index is 12.2. The zero-order valence-electron chi connectivity index (χ0n) is 15.7. The molecule has 0 amide bonds. The van der Waals surface area contributed by atoms with Crippen molar-refractivity contribution in [3.63, 3.8) is 0 Å². The molecule has 2 heterocycles. The van der Waals surface area contributed by atoms with Crippen LogP contribution in [0.3, 0.4) is 0 Å². The third-order valence-corrected chi connectivity index (χ3v) is 6.90. The highest BCUT2D eigenvalue weighted by Crippen LogP contribution is 2.29. The van der Waals surface area contributed by atoms with Gasteiger partial charge in [0.2, 0.25) is 0 Å². The van der Waals surface area contributed by atoms with Crippen LogP contribution in [0.15, 0.2) is 23.2 Å². The van der Waals surface area contributed by atoms with E-state index in [4.69, 9.17) is 14.2 Å². The Morgan fingerprint density at radius 3 is 2.58 bits per heavy atom. The highest BCUT2D eigenvalue weighted by Gasteiger charge is 2.23. The highest BCUT2D eigenvalue weighted by atomic mass is 32.2. The first-order valence-electron chi connectivity index (χ1n) is 8.67. The summed E-state index contributed by atoms with van der Waals surface area (Å²) in [6.07, 6.45) is 0.712. The molecule has 3 rings (SSSR count). The fraction of sp³-hybridized carbons (Fsp3) is 0.588. The Morgan fingerprint density at radius 1 is 1.27 bits per heavy atom. The summed E-state index contributed by atoms with van der Waals surface area (Å²) in [6.45, 7) is 8.80. The molecule has 1 aliphatic heterocycles. The van der Waals surface area contributed by atoms with Crippen LogP contribution >= 0.6 is 0 Å². The lowest BCUT2D eigenvalue weighted by Crippen LogP contribution is -2.22. The van der Waals surface area contributed by atoms with Crippen LogP contribution in [0.25, 0.3) is 10.9 Å². The number of nitrogens with zero attached hydrogens (tertiary/aromatic N) is 2. The van der Waals surface area contributed by atoms with Crippen LogP contribution in [0, 0.1) is 0 Å². The van der Waals surface area contributed by atoms with E-state index in [-0.39, 0.29) is 11.8 Å². The van der Waals surface area contributed by atoms with Crippen LogP contribution in [0.4, 0.5) is 0 Å². The predicted octanol–water partition coefficient (Wildman–Crippen LogP) is 2.80. The topological polar surface area (TPSA) is 79.7 Å². The minimum Gasteiger partial charge on any atom is -0.360 e. The summed E-state index contributed by atoms with van der Waals surface area (Å²) in [5.74, 6) is 0. The molecule has 1 aromatic heterocycles. The number of fused-ring (bicyclic) bond motifs is 1. The lowest BCUT2D eigenvalue weighted by Gasteiger charge is -2.15. The summed E-state index contributed by atoms with van der Waals surface area (Å²) >= 11 is 0. The first kappa shape index (κ1) is 19.5. The van der Waals surface area contributed by atoms with Crippen molar-refractivity contribution in [1.29, 1.82) is 0 Å². The van der Waals surface area contributed by atoms with Crippen LogP contribution in [0.2, 0.25) is 25.7 Å². The van der Waals surface area contributed by atoms with Gasteiger partial charge in [0, 0.05) is 31.9 Å². The number of sulfone groups is 1. The molecule has 0 aliphatic carbocycles. The average Bonchev–Trinajstić information content (AvgIpc) is 3.17. The maximum Gasteiger partial charge on any atom is 0.195 e. The first-order valence-corrected chi connectivity index (χ1v) is 14.3. The summed E-state index contributed by atoms with van der Waals surface area (Å²) in [7, 11) is -4.64. The molecule has 0 atom stereocenters. The van der Waals surface area contributed by atoms with Gasteiger partial charge >= 0.3 is 0 Å². The van der Waals surface area contributed by atoms with Gasteiger partial charge in [-0.25, -0.2) is 13.1 Å². The smallest absolute Gasteiger partial charge is 0.195 e. The molecule has 0 saturated carbocycles. The third-order valence-electron chi connectivity index (χ3n) is 4.20. The van der Waals surface area contributed by atoms with Crippen LogP contribution in [0.1, 0.15) is 11.9 Å². The molecule has 1 aromatic carbocycles. The predicted molar refractivity (Wildman–Crippen MR) is 102 cm³/mol.